The Labute approximate surface area is 174 Å². The first-order chi connectivity index (χ1) is 13.8. The molecule has 0 saturated heterocycles. The van der Waals surface area contributed by atoms with Gasteiger partial charge < -0.3 is 14.2 Å². The first-order valence-electron chi connectivity index (χ1n) is 10.3. The van der Waals surface area contributed by atoms with E-state index in [4.69, 9.17) is 14.7 Å². The van der Waals surface area contributed by atoms with E-state index in [-0.39, 0.29) is 0 Å². The van der Waals surface area contributed by atoms with Crippen LogP contribution in [0.25, 0.3) is 22.4 Å². The average molecular weight is 396 g/mol. The van der Waals surface area contributed by atoms with Crippen LogP contribution >= 0.6 is 0 Å². The minimum Gasteiger partial charge on any atom is -0.480 e. The Hall–Kier alpha value is -2.47. The molecule has 3 rings (SSSR count). The van der Waals surface area contributed by atoms with Crippen LogP contribution in [0.4, 0.5) is 0 Å². The second kappa shape index (κ2) is 8.49. The molecule has 0 unspecified atom stereocenters. The summed E-state index contributed by atoms with van der Waals surface area (Å²) in [6.45, 7) is 11.6. The summed E-state index contributed by atoms with van der Waals surface area (Å²) >= 11 is 0. The number of ether oxygens (including phenoxy) is 1. The Morgan fingerprint density at radius 2 is 1.83 bits per heavy atom. The van der Waals surface area contributed by atoms with E-state index in [0.717, 1.165) is 52.3 Å². The van der Waals surface area contributed by atoms with Gasteiger partial charge in [-0.05, 0) is 58.0 Å². The Morgan fingerprint density at radius 1 is 1.10 bits per heavy atom. The lowest BCUT2D eigenvalue weighted by molar-refractivity contribution is 0.320. The zero-order valence-corrected chi connectivity index (χ0v) is 18.9. The highest BCUT2D eigenvalue weighted by atomic mass is 16.5. The summed E-state index contributed by atoms with van der Waals surface area (Å²) < 4.78 is 7.89. The maximum atomic E-state index is 5.60. The highest BCUT2D eigenvalue weighted by Gasteiger charge is 2.20. The maximum Gasteiger partial charge on any atom is 0.222 e. The zero-order chi connectivity index (χ0) is 21.3. The second-order valence-electron chi connectivity index (χ2n) is 8.32. The lowest BCUT2D eigenvalue weighted by Gasteiger charge is -2.22. The van der Waals surface area contributed by atoms with Gasteiger partial charge >= 0.3 is 0 Å². The predicted octanol–water partition coefficient (Wildman–Crippen LogP) is 4.75. The van der Waals surface area contributed by atoms with Crippen molar-refractivity contribution in [3.8, 4) is 17.1 Å². The SMILES string of the molecule is CC[C@H](CN(C)C)n1cc(C)c2nc(-c3ccc(C(C)C)nc3OC)c(C)nc21. The van der Waals surface area contributed by atoms with E-state index in [1.807, 2.05) is 6.92 Å². The number of nitrogens with zero attached hydrogens (tertiary/aromatic N) is 5. The number of hydrogen-bond acceptors (Lipinski definition) is 5. The van der Waals surface area contributed by atoms with Crippen LogP contribution in [0.15, 0.2) is 18.3 Å². The third-order valence-electron chi connectivity index (χ3n) is 5.36. The van der Waals surface area contributed by atoms with Crippen molar-refractivity contribution in [3.05, 3.63) is 35.3 Å². The highest BCUT2D eigenvalue weighted by molar-refractivity contribution is 5.81. The second-order valence-corrected chi connectivity index (χ2v) is 8.32. The summed E-state index contributed by atoms with van der Waals surface area (Å²) in [6.07, 6.45) is 3.22. The number of rotatable bonds is 7. The molecule has 0 aliphatic rings. The van der Waals surface area contributed by atoms with Gasteiger partial charge in [-0.2, -0.15) is 0 Å². The molecule has 3 aromatic rings. The van der Waals surface area contributed by atoms with Gasteiger partial charge in [-0.15, -0.1) is 0 Å². The largest absolute Gasteiger partial charge is 0.480 e. The quantitative estimate of drug-likeness (QED) is 0.577. The van der Waals surface area contributed by atoms with E-state index in [1.54, 1.807) is 7.11 Å². The molecule has 1 atom stereocenters. The monoisotopic (exact) mass is 395 g/mol. The lowest BCUT2D eigenvalue weighted by atomic mass is 10.1. The van der Waals surface area contributed by atoms with Crippen molar-refractivity contribution in [2.45, 2.75) is 53.0 Å². The van der Waals surface area contributed by atoms with E-state index in [1.165, 1.54) is 0 Å². The Morgan fingerprint density at radius 3 is 2.41 bits per heavy atom. The third kappa shape index (κ3) is 4.13. The molecule has 0 radical (unpaired) electrons. The molecule has 0 aliphatic heterocycles. The molecule has 29 heavy (non-hydrogen) atoms. The Kier molecular flexibility index (Phi) is 6.22. The van der Waals surface area contributed by atoms with Crippen LogP contribution in [0.3, 0.4) is 0 Å². The van der Waals surface area contributed by atoms with Gasteiger partial charge in [0.05, 0.1) is 24.1 Å². The standard InChI is InChI=1S/C23H33N5O/c1-9-17(13-27(6)7)28-12-15(4)20-22(28)24-16(5)21(26-20)18-10-11-19(14(2)3)25-23(18)29-8/h10-12,14,17H,9,13H2,1-8H3/t17-/m1/s1. The van der Waals surface area contributed by atoms with Crippen LogP contribution in [0.1, 0.15) is 56.1 Å². The normalized spacial score (nSPS) is 12.9. The summed E-state index contributed by atoms with van der Waals surface area (Å²) in [6, 6.07) is 4.47. The van der Waals surface area contributed by atoms with Crippen molar-refractivity contribution in [1.29, 1.82) is 0 Å². The first kappa shape index (κ1) is 21.2. The van der Waals surface area contributed by atoms with E-state index < -0.39 is 0 Å². The Bertz CT molecular complexity index is 1010. The van der Waals surface area contributed by atoms with E-state index in [0.29, 0.717) is 17.8 Å². The lowest BCUT2D eigenvalue weighted by Crippen LogP contribution is -2.24. The summed E-state index contributed by atoms with van der Waals surface area (Å²) in [7, 11) is 5.87. The molecular formula is C23H33N5O. The van der Waals surface area contributed by atoms with Gasteiger partial charge in [0.2, 0.25) is 5.88 Å². The van der Waals surface area contributed by atoms with Crippen LogP contribution in [0, 0.1) is 13.8 Å². The molecule has 0 fully saturated rings. The zero-order valence-electron chi connectivity index (χ0n) is 18.9. The highest BCUT2D eigenvalue weighted by Crippen LogP contribution is 2.33. The molecule has 0 N–H and O–H groups in total. The molecule has 0 aliphatic carbocycles. The molecule has 6 heteroatoms. The van der Waals surface area contributed by atoms with Gasteiger partial charge in [0.25, 0.3) is 0 Å². The van der Waals surface area contributed by atoms with Crippen molar-refractivity contribution >= 4 is 11.2 Å². The molecule has 0 saturated carbocycles. The Balaban J connectivity index is 2.15. The van der Waals surface area contributed by atoms with Gasteiger partial charge in [-0.3, -0.25) is 0 Å². The van der Waals surface area contributed by atoms with Crippen LogP contribution in [0.5, 0.6) is 5.88 Å². The minimum absolute atomic E-state index is 0.339. The van der Waals surface area contributed by atoms with E-state index >= 15 is 0 Å². The molecule has 0 aromatic carbocycles. The number of pyridine rings is 1. The first-order valence-corrected chi connectivity index (χ1v) is 10.3. The van der Waals surface area contributed by atoms with Crippen molar-refractivity contribution in [2.24, 2.45) is 0 Å². The summed E-state index contributed by atoms with van der Waals surface area (Å²) in [4.78, 5) is 16.9. The maximum absolute atomic E-state index is 5.60. The topological polar surface area (TPSA) is 56.1 Å². The van der Waals surface area contributed by atoms with Crippen molar-refractivity contribution < 1.29 is 4.74 Å². The molecule has 3 heterocycles. The van der Waals surface area contributed by atoms with Crippen molar-refractivity contribution in [3.63, 3.8) is 0 Å². The number of hydrogen-bond donors (Lipinski definition) is 0. The molecule has 0 amide bonds. The van der Waals surface area contributed by atoms with Gasteiger partial charge in [-0.1, -0.05) is 20.8 Å². The fourth-order valence-electron chi connectivity index (χ4n) is 3.76. The number of aryl methyl sites for hydroxylation is 2. The molecule has 0 bridgehead atoms. The van der Waals surface area contributed by atoms with Crippen molar-refractivity contribution in [1.82, 2.24) is 24.4 Å². The smallest absolute Gasteiger partial charge is 0.222 e. The van der Waals surface area contributed by atoms with Crippen LogP contribution in [-0.2, 0) is 0 Å². The van der Waals surface area contributed by atoms with Gasteiger partial charge in [-0.25, -0.2) is 15.0 Å². The summed E-state index contributed by atoms with van der Waals surface area (Å²) in [5.41, 5.74) is 6.63. The number of methoxy groups -OCH3 is 1. The molecule has 156 valence electrons. The third-order valence-corrected chi connectivity index (χ3v) is 5.36. The average Bonchev–Trinajstić information content (AvgIpc) is 3.00. The van der Waals surface area contributed by atoms with Crippen LogP contribution in [-0.4, -0.2) is 52.2 Å². The molecular weight excluding hydrogens is 362 g/mol. The van der Waals surface area contributed by atoms with E-state index in [2.05, 4.69) is 74.6 Å². The number of aromatic nitrogens is 4. The fourth-order valence-corrected chi connectivity index (χ4v) is 3.76. The molecule has 3 aromatic heterocycles. The van der Waals surface area contributed by atoms with Gasteiger partial charge in [0.15, 0.2) is 5.65 Å². The number of fused-ring (bicyclic) bond motifs is 1. The fraction of sp³-hybridized carbons (Fsp3) is 0.522. The summed E-state index contributed by atoms with van der Waals surface area (Å²) in [5.74, 6) is 0.940. The summed E-state index contributed by atoms with van der Waals surface area (Å²) in [5, 5.41) is 0. The van der Waals surface area contributed by atoms with Crippen LogP contribution < -0.4 is 4.74 Å². The molecule has 6 nitrogen and oxygen atoms in total. The van der Waals surface area contributed by atoms with Gasteiger partial charge in [0.1, 0.15) is 5.52 Å². The van der Waals surface area contributed by atoms with Gasteiger partial charge in [0, 0.05) is 24.5 Å². The van der Waals surface area contributed by atoms with E-state index in [9.17, 15) is 0 Å². The number of likely N-dealkylation sites (N-methyl/N-ethyl adjacent to an activating group) is 1. The molecule has 0 spiro atoms. The predicted molar refractivity (Wildman–Crippen MR) is 119 cm³/mol. The van der Waals surface area contributed by atoms with Crippen LogP contribution in [0.2, 0.25) is 0 Å². The minimum atomic E-state index is 0.339. The van der Waals surface area contributed by atoms with Crippen molar-refractivity contribution in [2.75, 3.05) is 27.7 Å².